The summed E-state index contributed by atoms with van der Waals surface area (Å²) < 4.78 is 0. The van der Waals surface area contributed by atoms with E-state index in [2.05, 4.69) is 50.1 Å². The van der Waals surface area contributed by atoms with E-state index in [-0.39, 0.29) is 0 Å². The minimum absolute atomic E-state index is 0.593. The number of nitrogens with zero attached hydrogens (tertiary/aromatic N) is 1. The van der Waals surface area contributed by atoms with E-state index in [1.165, 1.54) is 11.3 Å². The molecule has 0 heterocycles. The van der Waals surface area contributed by atoms with Gasteiger partial charge in [0, 0.05) is 19.3 Å². The summed E-state index contributed by atoms with van der Waals surface area (Å²) in [5.41, 5.74) is 8.30. The summed E-state index contributed by atoms with van der Waals surface area (Å²) in [6.45, 7) is 6.13. The lowest BCUT2D eigenvalue weighted by Crippen LogP contribution is -2.29. The van der Waals surface area contributed by atoms with Gasteiger partial charge in [0.25, 0.3) is 0 Å². The molecule has 0 saturated heterocycles. The predicted molar refractivity (Wildman–Crippen MR) is 67.3 cm³/mol. The highest BCUT2D eigenvalue weighted by atomic mass is 15.1. The zero-order chi connectivity index (χ0) is 11.3. The van der Waals surface area contributed by atoms with Gasteiger partial charge in [-0.1, -0.05) is 25.5 Å². The highest BCUT2D eigenvalue weighted by molar-refractivity contribution is 5.47. The van der Waals surface area contributed by atoms with Crippen LogP contribution in [0.15, 0.2) is 24.3 Å². The molecule has 0 saturated carbocycles. The summed E-state index contributed by atoms with van der Waals surface area (Å²) >= 11 is 0. The fraction of sp³-hybridized carbons (Fsp3) is 0.538. The fourth-order valence-electron chi connectivity index (χ4n) is 1.73. The second-order valence-corrected chi connectivity index (χ2v) is 4.23. The molecular formula is C13H22N2. The lowest BCUT2D eigenvalue weighted by Gasteiger charge is -2.24. The van der Waals surface area contributed by atoms with E-state index in [0.717, 1.165) is 19.5 Å². The Kier molecular flexibility index (Phi) is 4.63. The molecule has 1 atom stereocenters. The molecule has 0 aromatic heterocycles. The van der Waals surface area contributed by atoms with Crippen molar-refractivity contribution in [2.75, 3.05) is 25.0 Å². The van der Waals surface area contributed by atoms with E-state index in [0.29, 0.717) is 5.92 Å². The number of anilines is 1. The predicted octanol–water partition coefficient (Wildman–Crippen LogP) is 2.42. The summed E-state index contributed by atoms with van der Waals surface area (Å²) in [6, 6.07) is 8.58. The van der Waals surface area contributed by atoms with Crippen LogP contribution in [0.3, 0.4) is 0 Å². The lowest BCUT2D eigenvalue weighted by molar-refractivity contribution is 0.521. The summed E-state index contributed by atoms with van der Waals surface area (Å²) in [5.74, 6) is 0.593. The molecule has 0 aliphatic carbocycles. The Morgan fingerprint density at radius 2 is 2.13 bits per heavy atom. The SMILES string of the molecule is CCC(CN)CN(C)c1cccc(C)c1. The van der Waals surface area contributed by atoms with Gasteiger partial charge in [-0.3, -0.25) is 0 Å². The topological polar surface area (TPSA) is 29.3 Å². The molecular weight excluding hydrogens is 184 g/mol. The molecule has 0 fully saturated rings. The summed E-state index contributed by atoms with van der Waals surface area (Å²) in [5, 5.41) is 0. The third kappa shape index (κ3) is 3.56. The second-order valence-electron chi connectivity index (χ2n) is 4.23. The van der Waals surface area contributed by atoms with Crippen LogP contribution in [0, 0.1) is 12.8 Å². The Labute approximate surface area is 93.1 Å². The van der Waals surface area contributed by atoms with Crippen LogP contribution in [0.25, 0.3) is 0 Å². The first-order valence-corrected chi connectivity index (χ1v) is 5.65. The molecule has 0 amide bonds. The molecule has 0 aliphatic heterocycles. The Balaban J connectivity index is 2.64. The largest absolute Gasteiger partial charge is 0.374 e. The van der Waals surface area contributed by atoms with E-state index in [1.807, 2.05) is 0 Å². The number of hydrogen-bond donors (Lipinski definition) is 1. The Morgan fingerprint density at radius 1 is 1.40 bits per heavy atom. The van der Waals surface area contributed by atoms with Gasteiger partial charge in [0.15, 0.2) is 0 Å². The van der Waals surface area contributed by atoms with Crippen molar-refractivity contribution >= 4 is 5.69 Å². The average Bonchev–Trinajstić information content (AvgIpc) is 2.25. The molecule has 1 aromatic carbocycles. The van der Waals surface area contributed by atoms with Crippen LogP contribution < -0.4 is 10.6 Å². The maximum absolute atomic E-state index is 5.71. The van der Waals surface area contributed by atoms with Crippen LogP contribution in [-0.4, -0.2) is 20.1 Å². The molecule has 84 valence electrons. The Hall–Kier alpha value is -1.02. The first-order chi connectivity index (χ1) is 7.17. The van der Waals surface area contributed by atoms with Crippen LogP contribution in [0.2, 0.25) is 0 Å². The zero-order valence-corrected chi connectivity index (χ0v) is 10.0. The molecule has 2 heteroatoms. The van der Waals surface area contributed by atoms with Crippen molar-refractivity contribution in [3.05, 3.63) is 29.8 Å². The minimum Gasteiger partial charge on any atom is -0.374 e. The van der Waals surface area contributed by atoms with Crippen molar-refractivity contribution in [3.63, 3.8) is 0 Å². The Bertz CT molecular complexity index is 292. The molecule has 1 rings (SSSR count). The smallest absolute Gasteiger partial charge is 0.0366 e. The average molecular weight is 206 g/mol. The van der Waals surface area contributed by atoms with Gasteiger partial charge in [-0.25, -0.2) is 0 Å². The van der Waals surface area contributed by atoms with E-state index in [4.69, 9.17) is 5.73 Å². The summed E-state index contributed by atoms with van der Waals surface area (Å²) in [4.78, 5) is 2.29. The van der Waals surface area contributed by atoms with Crippen molar-refractivity contribution in [3.8, 4) is 0 Å². The van der Waals surface area contributed by atoms with Crippen molar-refractivity contribution < 1.29 is 0 Å². The third-order valence-electron chi connectivity index (χ3n) is 2.89. The quantitative estimate of drug-likeness (QED) is 0.801. The van der Waals surface area contributed by atoms with Gasteiger partial charge >= 0.3 is 0 Å². The maximum atomic E-state index is 5.71. The van der Waals surface area contributed by atoms with Gasteiger partial charge in [0.05, 0.1) is 0 Å². The molecule has 15 heavy (non-hydrogen) atoms. The molecule has 2 nitrogen and oxygen atoms in total. The normalized spacial score (nSPS) is 12.5. The van der Waals surface area contributed by atoms with Crippen LogP contribution in [0.5, 0.6) is 0 Å². The van der Waals surface area contributed by atoms with E-state index in [1.54, 1.807) is 0 Å². The maximum Gasteiger partial charge on any atom is 0.0366 e. The Morgan fingerprint density at radius 3 is 2.67 bits per heavy atom. The monoisotopic (exact) mass is 206 g/mol. The first kappa shape index (κ1) is 12.1. The number of hydrogen-bond acceptors (Lipinski definition) is 2. The summed E-state index contributed by atoms with van der Waals surface area (Å²) in [7, 11) is 2.13. The molecule has 1 aromatic rings. The van der Waals surface area contributed by atoms with Crippen molar-refractivity contribution in [1.82, 2.24) is 0 Å². The van der Waals surface area contributed by atoms with E-state index < -0.39 is 0 Å². The minimum atomic E-state index is 0.593. The van der Waals surface area contributed by atoms with Crippen LogP contribution in [-0.2, 0) is 0 Å². The van der Waals surface area contributed by atoms with Crippen molar-refractivity contribution in [2.45, 2.75) is 20.3 Å². The molecule has 1 unspecified atom stereocenters. The number of nitrogens with two attached hydrogens (primary N) is 1. The highest BCUT2D eigenvalue weighted by Crippen LogP contribution is 2.16. The van der Waals surface area contributed by atoms with Gasteiger partial charge < -0.3 is 10.6 Å². The fourth-order valence-corrected chi connectivity index (χ4v) is 1.73. The first-order valence-electron chi connectivity index (χ1n) is 5.65. The van der Waals surface area contributed by atoms with Gasteiger partial charge in [-0.15, -0.1) is 0 Å². The van der Waals surface area contributed by atoms with Gasteiger partial charge in [0.1, 0.15) is 0 Å². The standard InChI is InChI=1S/C13H22N2/c1-4-12(9-14)10-15(3)13-7-5-6-11(2)8-13/h5-8,12H,4,9-10,14H2,1-3H3. The lowest BCUT2D eigenvalue weighted by atomic mass is 10.1. The molecule has 2 N–H and O–H groups in total. The van der Waals surface area contributed by atoms with E-state index >= 15 is 0 Å². The highest BCUT2D eigenvalue weighted by Gasteiger charge is 2.08. The van der Waals surface area contributed by atoms with Crippen molar-refractivity contribution in [2.24, 2.45) is 11.7 Å². The number of aryl methyl sites for hydroxylation is 1. The zero-order valence-electron chi connectivity index (χ0n) is 10.0. The van der Waals surface area contributed by atoms with Gasteiger partial charge in [-0.2, -0.15) is 0 Å². The molecule has 0 spiro atoms. The van der Waals surface area contributed by atoms with Crippen molar-refractivity contribution in [1.29, 1.82) is 0 Å². The van der Waals surface area contributed by atoms with Crippen LogP contribution in [0.1, 0.15) is 18.9 Å². The summed E-state index contributed by atoms with van der Waals surface area (Å²) in [6.07, 6.45) is 1.15. The second kappa shape index (κ2) is 5.76. The van der Waals surface area contributed by atoms with E-state index in [9.17, 15) is 0 Å². The molecule has 0 bridgehead atoms. The number of rotatable bonds is 5. The number of benzene rings is 1. The van der Waals surface area contributed by atoms with Gasteiger partial charge in [0.2, 0.25) is 0 Å². The van der Waals surface area contributed by atoms with Crippen LogP contribution >= 0.6 is 0 Å². The molecule has 0 aliphatic rings. The van der Waals surface area contributed by atoms with Gasteiger partial charge in [-0.05, 0) is 37.1 Å². The molecule has 0 radical (unpaired) electrons. The van der Waals surface area contributed by atoms with Crippen LogP contribution in [0.4, 0.5) is 5.69 Å². The third-order valence-corrected chi connectivity index (χ3v) is 2.89.